The lowest BCUT2D eigenvalue weighted by molar-refractivity contribution is 0.505. The van der Waals surface area contributed by atoms with Crippen LogP contribution in [0.4, 0.5) is 8.78 Å². The fourth-order valence-electron chi connectivity index (χ4n) is 2.63. The van der Waals surface area contributed by atoms with Crippen LogP contribution >= 0.6 is 0 Å². The minimum Gasteiger partial charge on any atom is -0.312 e. The van der Waals surface area contributed by atoms with Crippen LogP contribution in [0.2, 0.25) is 0 Å². The van der Waals surface area contributed by atoms with E-state index in [0.717, 1.165) is 18.4 Å². The van der Waals surface area contributed by atoms with Gasteiger partial charge in [0.05, 0.1) is 0 Å². The number of hydrogen-bond donors (Lipinski definition) is 0. The van der Waals surface area contributed by atoms with Crippen molar-refractivity contribution in [2.24, 2.45) is 0 Å². The van der Waals surface area contributed by atoms with E-state index in [1.165, 1.54) is 23.3 Å². The fraction of sp³-hybridized carbons (Fsp3) is 0.333. The van der Waals surface area contributed by atoms with Gasteiger partial charge in [-0.1, -0.05) is 30.3 Å². The molecular weight excluding hydrogens is 268 g/mol. The molecule has 2 aromatic carbocycles. The summed E-state index contributed by atoms with van der Waals surface area (Å²) in [6.45, 7) is 0. The topological polar surface area (TPSA) is 3.24 Å². The first-order valence-electron chi connectivity index (χ1n) is 7.12. The summed E-state index contributed by atoms with van der Waals surface area (Å²) in [5, 5.41) is 0. The number of halogens is 2. The molecule has 0 amide bonds. The summed E-state index contributed by atoms with van der Waals surface area (Å²) < 4.78 is 26.1. The van der Waals surface area contributed by atoms with Gasteiger partial charge in [0, 0.05) is 5.92 Å². The highest BCUT2D eigenvalue weighted by atomic mass is 19.2. The third-order valence-electron chi connectivity index (χ3n) is 3.48. The molecule has 0 bridgehead atoms. The molecule has 1 unspecified atom stereocenters. The summed E-state index contributed by atoms with van der Waals surface area (Å²) in [6, 6.07) is 12.4. The highest BCUT2D eigenvalue weighted by Crippen LogP contribution is 2.38. The normalized spacial score (nSPS) is 16.4. The van der Waals surface area contributed by atoms with E-state index in [-0.39, 0.29) is 5.92 Å². The number of hydrogen-bond acceptors (Lipinski definition) is 1. The molecule has 0 spiro atoms. The maximum atomic E-state index is 13.2. The molecule has 1 atom stereocenters. The first kappa shape index (κ1) is 15.6. The molecule has 0 saturated heterocycles. The van der Waals surface area contributed by atoms with Gasteiger partial charge in [-0.2, -0.15) is 0 Å². The van der Waals surface area contributed by atoms with Crippen LogP contribution in [0.25, 0.3) is 0 Å². The quantitative estimate of drug-likeness (QED) is 0.759. The van der Waals surface area contributed by atoms with Crippen molar-refractivity contribution in [3.05, 3.63) is 70.8 Å². The lowest BCUT2D eigenvalue weighted by Gasteiger charge is -2.12. The summed E-state index contributed by atoms with van der Waals surface area (Å²) in [5.74, 6) is -1.33. The molecule has 0 N–H and O–H groups in total. The van der Waals surface area contributed by atoms with Crippen LogP contribution in [0.1, 0.15) is 29.0 Å². The molecule has 3 rings (SSSR count). The predicted molar refractivity (Wildman–Crippen MR) is 82.6 cm³/mol. The predicted octanol–water partition coefficient (Wildman–Crippen LogP) is 4.22. The molecule has 3 heteroatoms. The molecule has 1 aliphatic carbocycles. The van der Waals surface area contributed by atoms with Crippen molar-refractivity contribution >= 4 is 0 Å². The molecule has 2 aromatic rings. The minimum atomic E-state index is -0.778. The van der Waals surface area contributed by atoms with Gasteiger partial charge >= 0.3 is 0 Å². The second-order valence-electron chi connectivity index (χ2n) is 5.81. The Hall–Kier alpha value is -1.74. The van der Waals surface area contributed by atoms with Gasteiger partial charge in [0.1, 0.15) is 0 Å². The van der Waals surface area contributed by atoms with Crippen molar-refractivity contribution in [3.8, 4) is 0 Å². The van der Waals surface area contributed by atoms with E-state index in [4.69, 9.17) is 0 Å². The van der Waals surface area contributed by atoms with Crippen LogP contribution in [0.15, 0.2) is 42.5 Å². The first-order chi connectivity index (χ1) is 9.99. The van der Waals surface area contributed by atoms with Crippen LogP contribution in [0, 0.1) is 11.6 Å². The van der Waals surface area contributed by atoms with Crippen molar-refractivity contribution in [3.63, 3.8) is 0 Å². The maximum Gasteiger partial charge on any atom is 0.159 e. The lowest BCUT2D eigenvalue weighted by atomic mass is 9.93. The Labute approximate surface area is 125 Å². The van der Waals surface area contributed by atoms with Crippen molar-refractivity contribution in [2.75, 3.05) is 21.1 Å². The Kier molecular flexibility index (Phi) is 5.07. The van der Waals surface area contributed by atoms with Gasteiger partial charge < -0.3 is 4.90 Å². The molecule has 0 saturated carbocycles. The summed E-state index contributed by atoms with van der Waals surface area (Å²) >= 11 is 0. The number of aryl methyl sites for hydroxylation is 1. The third-order valence-corrected chi connectivity index (χ3v) is 3.48. The highest BCUT2D eigenvalue weighted by Gasteiger charge is 2.23. The minimum absolute atomic E-state index is 0.210. The summed E-state index contributed by atoms with van der Waals surface area (Å²) in [6.07, 6.45) is 1.99. The maximum absolute atomic E-state index is 13.2. The van der Waals surface area contributed by atoms with Crippen LogP contribution < -0.4 is 0 Å². The van der Waals surface area contributed by atoms with Crippen molar-refractivity contribution < 1.29 is 8.78 Å². The van der Waals surface area contributed by atoms with Crippen LogP contribution in [-0.4, -0.2) is 26.0 Å². The lowest BCUT2D eigenvalue weighted by Crippen LogP contribution is -1.99. The van der Waals surface area contributed by atoms with Crippen molar-refractivity contribution in [1.82, 2.24) is 4.90 Å². The van der Waals surface area contributed by atoms with Crippen LogP contribution in [0.3, 0.4) is 0 Å². The Morgan fingerprint density at radius 2 is 1.62 bits per heavy atom. The van der Waals surface area contributed by atoms with Gasteiger partial charge in [-0.05, 0) is 62.8 Å². The Morgan fingerprint density at radius 3 is 2.29 bits per heavy atom. The number of fused-ring (bicyclic) bond motifs is 1. The zero-order valence-electron chi connectivity index (χ0n) is 12.7. The number of benzene rings is 2. The highest BCUT2D eigenvalue weighted by molar-refractivity contribution is 5.42. The number of rotatable bonds is 1. The molecule has 1 aliphatic rings. The van der Waals surface area contributed by atoms with Crippen molar-refractivity contribution in [2.45, 2.75) is 18.8 Å². The molecule has 0 aromatic heterocycles. The van der Waals surface area contributed by atoms with Crippen LogP contribution in [-0.2, 0) is 6.42 Å². The van der Waals surface area contributed by atoms with Gasteiger partial charge in [0.15, 0.2) is 11.6 Å². The monoisotopic (exact) mass is 289 g/mol. The smallest absolute Gasteiger partial charge is 0.159 e. The second kappa shape index (κ2) is 6.81. The largest absolute Gasteiger partial charge is 0.312 e. The molecule has 0 aliphatic heterocycles. The molecule has 0 fully saturated rings. The average Bonchev–Trinajstić information content (AvgIpc) is 2.85. The Bertz CT molecular complexity index is 605. The summed E-state index contributed by atoms with van der Waals surface area (Å²) in [7, 11) is 6.00. The van der Waals surface area contributed by atoms with E-state index in [1.807, 2.05) is 38.2 Å². The number of nitrogens with zero attached hydrogens (tertiary/aromatic N) is 1. The Morgan fingerprint density at radius 1 is 0.952 bits per heavy atom. The molecule has 0 heterocycles. The third kappa shape index (κ3) is 3.88. The van der Waals surface area contributed by atoms with E-state index in [0.29, 0.717) is 0 Å². The van der Waals surface area contributed by atoms with Gasteiger partial charge in [-0.3, -0.25) is 0 Å². The van der Waals surface area contributed by atoms with Gasteiger partial charge in [0.2, 0.25) is 0 Å². The van der Waals surface area contributed by atoms with E-state index < -0.39 is 11.6 Å². The van der Waals surface area contributed by atoms with Gasteiger partial charge in [-0.25, -0.2) is 8.78 Å². The van der Waals surface area contributed by atoms with Gasteiger partial charge in [-0.15, -0.1) is 0 Å². The summed E-state index contributed by atoms with van der Waals surface area (Å²) in [5.41, 5.74) is 3.44. The molecular formula is C18H21F2N. The zero-order valence-corrected chi connectivity index (χ0v) is 12.7. The first-order valence-corrected chi connectivity index (χ1v) is 7.12. The molecule has 0 radical (unpaired) electrons. The van der Waals surface area contributed by atoms with E-state index in [9.17, 15) is 8.78 Å². The average molecular weight is 289 g/mol. The van der Waals surface area contributed by atoms with Crippen LogP contribution in [0.5, 0.6) is 0 Å². The zero-order chi connectivity index (χ0) is 15.4. The molecule has 1 nitrogen and oxygen atoms in total. The van der Waals surface area contributed by atoms with E-state index >= 15 is 0 Å². The Balaban J connectivity index is 0.000000361. The SMILES string of the molecule is CN(C)C.Fc1ccc(C2CCc3ccccc32)cc1F. The molecule has 112 valence electrons. The standard InChI is InChI=1S/C15H12F2.C3H9N/c16-14-8-6-11(9-15(14)17)13-7-5-10-3-1-2-4-12(10)13;1-4(2)3/h1-4,6,8-9,13H,5,7H2;1-3H3. The van der Waals surface area contributed by atoms with Crippen molar-refractivity contribution in [1.29, 1.82) is 0 Å². The summed E-state index contributed by atoms with van der Waals surface area (Å²) in [4.78, 5) is 2.00. The van der Waals surface area contributed by atoms with E-state index in [1.54, 1.807) is 6.07 Å². The van der Waals surface area contributed by atoms with E-state index in [2.05, 4.69) is 12.1 Å². The molecule has 21 heavy (non-hydrogen) atoms. The second-order valence-corrected chi connectivity index (χ2v) is 5.81. The fourth-order valence-corrected chi connectivity index (χ4v) is 2.63. The van der Waals surface area contributed by atoms with Gasteiger partial charge in [0.25, 0.3) is 0 Å².